The Morgan fingerprint density at radius 3 is 2.57 bits per heavy atom. The van der Waals surface area contributed by atoms with Gasteiger partial charge in [0.1, 0.15) is 17.9 Å². The van der Waals surface area contributed by atoms with Crippen molar-refractivity contribution in [2.24, 2.45) is 7.05 Å². The van der Waals surface area contributed by atoms with Gasteiger partial charge in [-0.3, -0.25) is 0 Å². The van der Waals surface area contributed by atoms with Gasteiger partial charge in [-0.1, -0.05) is 19.9 Å². The predicted molar refractivity (Wildman–Crippen MR) is 92.7 cm³/mol. The van der Waals surface area contributed by atoms with Gasteiger partial charge in [-0.2, -0.15) is 0 Å². The van der Waals surface area contributed by atoms with Gasteiger partial charge in [0.05, 0.1) is 12.6 Å². The summed E-state index contributed by atoms with van der Waals surface area (Å²) in [5.74, 6) is 2.38. The van der Waals surface area contributed by atoms with Crippen molar-refractivity contribution >= 4 is 0 Å². The molecule has 0 amide bonds. The molecule has 126 valence electrons. The summed E-state index contributed by atoms with van der Waals surface area (Å²) in [4.78, 5) is 0. The Hall–Kier alpha value is -1.88. The molecule has 1 N–H and O–H groups in total. The standard InChI is InChI=1S/C18H28N4O/c1-7-23-17-8-13(4)15(9-16(17)12(2)3)10-19-14(5)18-21-20-11-22(18)6/h8-9,11-12,14,19H,7,10H2,1-6H3. The Kier molecular flexibility index (Phi) is 5.77. The van der Waals surface area contributed by atoms with Crippen molar-refractivity contribution in [2.45, 2.75) is 53.1 Å². The molecule has 0 saturated carbocycles. The van der Waals surface area contributed by atoms with Crippen LogP contribution in [0.3, 0.4) is 0 Å². The van der Waals surface area contributed by atoms with Crippen molar-refractivity contribution in [1.29, 1.82) is 0 Å². The summed E-state index contributed by atoms with van der Waals surface area (Å²) in [7, 11) is 1.96. The number of hydrogen-bond donors (Lipinski definition) is 1. The Bertz CT molecular complexity index is 648. The van der Waals surface area contributed by atoms with Gasteiger partial charge in [-0.15, -0.1) is 10.2 Å². The van der Waals surface area contributed by atoms with Crippen molar-refractivity contribution < 1.29 is 4.74 Å². The van der Waals surface area contributed by atoms with Crippen LogP contribution in [0.25, 0.3) is 0 Å². The number of nitrogens with zero attached hydrogens (tertiary/aromatic N) is 3. The molecule has 23 heavy (non-hydrogen) atoms. The summed E-state index contributed by atoms with van der Waals surface area (Å²) in [6, 6.07) is 4.57. The molecule has 0 bridgehead atoms. The van der Waals surface area contributed by atoms with E-state index in [-0.39, 0.29) is 6.04 Å². The molecule has 0 aliphatic rings. The number of ether oxygens (including phenoxy) is 1. The molecule has 1 heterocycles. The molecule has 1 aromatic carbocycles. The van der Waals surface area contributed by atoms with Gasteiger partial charge >= 0.3 is 0 Å². The van der Waals surface area contributed by atoms with Crippen LogP contribution in [0.1, 0.15) is 62.2 Å². The molecular weight excluding hydrogens is 288 g/mol. The van der Waals surface area contributed by atoms with E-state index in [9.17, 15) is 0 Å². The Morgan fingerprint density at radius 1 is 1.26 bits per heavy atom. The zero-order chi connectivity index (χ0) is 17.0. The smallest absolute Gasteiger partial charge is 0.149 e. The van der Waals surface area contributed by atoms with Crippen LogP contribution in [0.2, 0.25) is 0 Å². The van der Waals surface area contributed by atoms with Crippen LogP contribution in [0.4, 0.5) is 0 Å². The lowest BCUT2D eigenvalue weighted by Crippen LogP contribution is -2.21. The lowest BCUT2D eigenvalue weighted by molar-refractivity contribution is 0.334. The van der Waals surface area contributed by atoms with Crippen LogP contribution in [0.5, 0.6) is 5.75 Å². The molecule has 0 aliphatic heterocycles. The van der Waals surface area contributed by atoms with E-state index in [2.05, 4.69) is 55.3 Å². The highest BCUT2D eigenvalue weighted by atomic mass is 16.5. The second-order valence-corrected chi connectivity index (χ2v) is 6.31. The van der Waals surface area contributed by atoms with Crippen LogP contribution in [0.15, 0.2) is 18.5 Å². The van der Waals surface area contributed by atoms with Gasteiger partial charge < -0.3 is 14.6 Å². The Morgan fingerprint density at radius 2 is 2.00 bits per heavy atom. The molecule has 1 aromatic heterocycles. The minimum absolute atomic E-state index is 0.149. The molecule has 0 fully saturated rings. The molecule has 0 radical (unpaired) electrons. The van der Waals surface area contributed by atoms with E-state index in [0.29, 0.717) is 12.5 Å². The minimum Gasteiger partial charge on any atom is -0.494 e. The van der Waals surface area contributed by atoms with Gasteiger partial charge in [0.2, 0.25) is 0 Å². The number of hydrogen-bond acceptors (Lipinski definition) is 4. The zero-order valence-corrected chi connectivity index (χ0v) is 15.1. The first-order valence-electron chi connectivity index (χ1n) is 8.27. The highest BCUT2D eigenvalue weighted by Gasteiger charge is 2.14. The highest BCUT2D eigenvalue weighted by Crippen LogP contribution is 2.30. The third-order valence-electron chi connectivity index (χ3n) is 4.12. The molecule has 1 unspecified atom stereocenters. The molecule has 5 heteroatoms. The first-order valence-corrected chi connectivity index (χ1v) is 8.27. The first kappa shape index (κ1) is 17.5. The second-order valence-electron chi connectivity index (χ2n) is 6.31. The third kappa shape index (κ3) is 4.10. The van der Waals surface area contributed by atoms with Crippen molar-refractivity contribution in [3.8, 4) is 5.75 Å². The number of aryl methyl sites for hydroxylation is 2. The average molecular weight is 316 g/mol. The van der Waals surface area contributed by atoms with Crippen LogP contribution in [-0.4, -0.2) is 21.4 Å². The van der Waals surface area contributed by atoms with Crippen LogP contribution in [0, 0.1) is 6.92 Å². The number of benzene rings is 1. The first-order chi connectivity index (χ1) is 10.9. The maximum Gasteiger partial charge on any atom is 0.149 e. The van der Waals surface area contributed by atoms with Gasteiger partial charge in [0.25, 0.3) is 0 Å². The summed E-state index contributed by atoms with van der Waals surface area (Å²) >= 11 is 0. The van der Waals surface area contributed by atoms with E-state index in [1.807, 2.05) is 18.5 Å². The quantitative estimate of drug-likeness (QED) is 0.849. The van der Waals surface area contributed by atoms with E-state index in [0.717, 1.165) is 18.1 Å². The fourth-order valence-corrected chi connectivity index (χ4v) is 2.71. The van der Waals surface area contributed by atoms with Gasteiger partial charge in [-0.25, -0.2) is 0 Å². The fourth-order valence-electron chi connectivity index (χ4n) is 2.71. The Labute approximate surface area is 139 Å². The maximum absolute atomic E-state index is 5.79. The summed E-state index contributed by atoms with van der Waals surface area (Å²) in [6.45, 7) is 12.2. The Balaban J connectivity index is 2.16. The maximum atomic E-state index is 5.79. The van der Waals surface area contributed by atoms with Crippen LogP contribution in [-0.2, 0) is 13.6 Å². The highest BCUT2D eigenvalue weighted by molar-refractivity contribution is 5.44. The van der Waals surface area contributed by atoms with Crippen LogP contribution >= 0.6 is 0 Å². The summed E-state index contributed by atoms with van der Waals surface area (Å²) in [5.41, 5.74) is 3.81. The topological polar surface area (TPSA) is 52.0 Å². The number of aromatic nitrogens is 3. The molecular formula is C18H28N4O. The molecule has 1 atom stereocenters. The van der Waals surface area contributed by atoms with Crippen molar-refractivity contribution in [1.82, 2.24) is 20.1 Å². The summed E-state index contributed by atoms with van der Waals surface area (Å²) < 4.78 is 7.74. The molecule has 5 nitrogen and oxygen atoms in total. The molecule has 2 aromatic rings. The lowest BCUT2D eigenvalue weighted by Gasteiger charge is -2.19. The zero-order valence-electron chi connectivity index (χ0n) is 15.1. The second kappa shape index (κ2) is 7.59. The van der Waals surface area contributed by atoms with E-state index >= 15 is 0 Å². The number of nitrogens with one attached hydrogen (secondary N) is 1. The largest absolute Gasteiger partial charge is 0.494 e. The minimum atomic E-state index is 0.149. The summed E-state index contributed by atoms with van der Waals surface area (Å²) in [6.07, 6.45) is 1.73. The third-order valence-corrected chi connectivity index (χ3v) is 4.12. The summed E-state index contributed by atoms with van der Waals surface area (Å²) in [5, 5.41) is 11.6. The molecule has 0 aliphatic carbocycles. The van der Waals surface area contributed by atoms with Gasteiger partial charge in [0.15, 0.2) is 0 Å². The van der Waals surface area contributed by atoms with Crippen LogP contribution < -0.4 is 10.1 Å². The molecule has 0 spiro atoms. The van der Waals surface area contributed by atoms with Crippen molar-refractivity contribution in [2.75, 3.05) is 6.61 Å². The molecule has 0 saturated heterocycles. The van der Waals surface area contributed by atoms with E-state index in [1.165, 1.54) is 16.7 Å². The van der Waals surface area contributed by atoms with E-state index in [4.69, 9.17) is 4.74 Å². The van der Waals surface area contributed by atoms with E-state index < -0.39 is 0 Å². The predicted octanol–water partition coefficient (Wildman–Crippen LogP) is 3.50. The van der Waals surface area contributed by atoms with Crippen molar-refractivity contribution in [3.63, 3.8) is 0 Å². The van der Waals surface area contributed by atoms with E-state index in [1.54, 1.807) is 6.33 Å². The normalized spacial score (nSPS) is 12.7. The SMILES string of the molecule is CCOc1cc(C)c(CNC(C)c2nncn2C)cc1C(C)C. The van der Waals surface area contributed by atoms with Gasteiger partial charge in [0, 0.05) is 13.6 Å². The lowest BCUT2D eigenvalue weighted by atomic mass is 9.96. The average Bonchev–Trinajstić information content (AvgIpc) is 2.92. The fraction of sp³-hybridized carbons (Fsp3) is 0.556. The monoisotopic (exact) mass is 316 g/mol. The van der Waals surface area contributed by atoms with Crippen molar-refractivity contribution in [3.05, 3.63) is 41.0 Å². The van der Waals surface area contributed by atoms with Gasteiger partial charge in [-0.05, 0) is 49.4 Å². The molecule has 2 rings (SSSR count). The number of rotatable bonds is 7.